The molecule has 0 spiro atoms. The second kappa shape index (κ2) is 6.00. The molecule has 0 saturated heterocycles. The Hall–Kier alpha value is -1.89. The molecule has 0 atom stereocenters. The molecule has 2 aromatic heterocycles. The maximum absolute atomic E-state index is 10.4. The van der Waals surface area contributed by atoms with E-state index in [4.69, 9.17) is 5.11 Å². The summed E-state index contributed by atoms with van der Waals surface area (Å²) in [5, 5.41) is 12.5. The maximum Gasteiger partial charge on any atom is 0.372 e. The SMILES string of the molecule is O=C(O)C[n+]1ccc(-c2ncccn2)cn1.[Br-]. The number of halogens is 1. The van der Waals surface area contributed by atoms with E-state index in [0.29, 0.717) is 5.82 Å². The van der Waals surface area contributed by atoms with Crippen molar-refractivity contribution < 1.29 is 31.6 Å². The van der Waals surface area contributed by atoms with E-state index in [0.717, 1.165) is 5.56 Å². The first-order valence-corrected chi connectivity index (χ1v) is 4.60. The highest BCUT2D eigenvalue weighted by molar-refractivity contribution is 5.64. The largest absolute Gasteiger partial charge is 1.00 e. The standard InChI is InChI=1S/C10H8N4O2.BrH/c15-9(16)7-14-5-2-8(6-13-14)10-11-3-1-4-12-10;/h1-6H,7H2;1H. The highest BCUT2D eigenvalue weighted by atomic mass is 79.9. The summed E-state index contributed by atoms with van der Waals surface area (Å²) in [6, 6.07) is 3.45. The summed E-state index contributed by atoms with van der Waals surface area (Å²) in [5.41, 5.74) is 0.752. The van der Waals surface area contributed by atoms with Gasteiger partial charge in [0, 0.05) is 24.0 Å². The molecule has 88 valence electrons. The van der Waals surface area contributed by atoms with Crippen molar-refractivity contribution in [2.75, 3.05) is 0 Å². The van der Waals surface area contributed by atoms with E-state index in [9.17, 15) is 4.79 Å². The molecular formula is C10H9BrN4O2. The van der Waals surface area contributed by atoms with Crippen LogP contribution in [0.3, 0.4) is 0 Å². The summed E-state index contributed by atoms with van der Waals surface area (Å²) in [6.07, 6.45) is 6.40. The topological polar surface area (TPSA) is 79.9 Å². The fourth-order valence-electron chi connectivity index (χ4n) is 1.20. The molecule has 0 amide bonds. The Morgan fingerprint density at radius 2 is 2.06 bits per heavy atom. The molecule has 17 heavy (non-hydrogen) atoms. The molecule has 0 aliphatic heterocycles. The minimum atomic E-state index is -0.929. The molecule has 0 bridgehead atoms. The van der Waals surface area contributed by atoms with Gasteiger partial charge in [0.05, 0.1) is 0 Å². The van der Waals surface area contributed by atoms with Crippen LogP contribution in [-0.2, 0) is 11.3 Å². The first kappa shape index (κ1) is 13.2. The molecule has 0 aliphatic carbocycles. The van der Waals surface area contributed by atoms with Gasteiger partial charge in [-0.1, -0.05) is 4.68 Å². The number of carboxylic acid groups (broad SMARTS) is 1. The third-order valence-electron chi connectivity index (χ3n) is 1.89. The van der Waals surface area contributed by atoms with E-state index in [1.807, 2.05) is 0 Å². The zero-order chi connectivity index (χ0) is 11.4. The number of carbonyl (C=O) groups is 1. The van der Waals surface area contributed by atoms with E-state index in [1.54, 1.807) is 30.7 Å². The third-order valence-corrected chi connectivity index (χ3v) is 1.89. The molecule has 6 nitrogen and oxygen atoms in total. The molecule has 0 aliphatic rings. The summed E-state index contributed by atoms with van der Waals surface area (Å²) in [6.45, 7) is -0.157. The van der Waals surface area contributed by atoms with E-state index in [-0.39, 0.29) is 23.5 Å². The number of aliphatic carboxylic acids is 1. The van der Waals surface area contributed by atoms with Gasteiger partial charge in [0.1, 0.15) is 6.20 Å². The summed E-state index contributed by atoms with van der Waals surface area (Å²) >= 11 is 0. The van der Waals surface area contributed by atoms with Crippen LogP contribution in [-0.4, -0.2) is 26.1 Å². The van der Waals surface area contributed by atoms with Crippen LogP contribution >= 0.6 is 0 Å². The number of nitrogens with zero attached hydrogens (tertiary/aromatic N) is 4. The van der Waals surface area contributed by atoms with Gasteiger partial charge in [0.25, 0.3) is 6.54 Å². The van der Waals surface area contributed by atoms with Gasteiger partial charge in [-0.05, 0) is 11.2 Å². The van der Waals surface area contributed by atoms with Gasteiger partial charge >= 0.3 is 5.97 Å². The molecule has 0 unspecified atom stereocenters. The van der Waals surface area contributed by atoms with E-state index in [2.05, 4.69) is 15.1 Å². The number of hydrogen-bond acceptors (Lipinski definition) is 4. The van der Waals surface area contributed by atoms with Crippen LogP contribution < -0.4 is 21.7 Å². The molecule has 0 fully saturated rings. The molecule has 0 radical (unpaired) electrons. The van der Waals surface area contributed by atoms with Crippen LogP contribution in [0.5, 0.6) is 0 Å². The predicted molar refractivity (Wildman–Crippen MR) is 53.1 cm³/mol. The third kappa shape index (κ3) is 3.56. The van der Waals surface area contributed by atoms with Gasteiger partial charge in [-0.3, -0.25) is 0 Å². The summed E-state index contributed by atoms with van der Waals surface area (Å²) in [7, 11) is 0. The van der Waals surface area contributed by atoms with Crippen molar-refractivity contribution in [2.24, 2.45) is 0 Å². The average Bonchev–Trinajstić information content (AvgIpc) is 2.30. The number of rotatable bonds is 3. The molecular weight excluding hydrogens is 288 g/mol. The average molecular weight is 297 g/mol. The predicted octanol–water partition coefficient (Wildman–Crippen LogP) is -3.09. The Morgan fingerprint density at radius 1 is 1.35 bits per heavy atom. The first-order chi connectivity index (χ1) is 7.75. The van der Waals surface area contributed by atoms with Gasteiger partial charge in [0.15, 0.2) is 12.0 Å². The van der Waals surface area contributed by atoms with Crippen LogP contribution in [0.1, 0.15) is 0 Å². The summed E-state index contributed by atoms with van der Waals surface area (Å²) in [5.74, 6) is -0.362. The van der Waals surface area contributed by atoms with Crippen molar-refractivity contribution >= 4 is 5.97 Å². The van der Waals surface area contributed by atoms with E-state index >= 15 is 0 Å². The maximum atomic E-state index is 10.4. The second-order valence-corrected chi connectivity index (χ2v) is 3.08. The number of carboxylic acids is 1. The van der Waals surface area contributed by atoms with Crippen LogP contribution in [0.25, 0.3) is 11.4 Å². The molecule has 0 saturated carbocycles. The fourth-order valence-corrected chi connectivity index (χ4v) is 1.20. The van der Waals surface area contributed by atoms with Crippen molar-refractivity contribution in [3.63, 3.8) is 0 Å². The monoisotopic (exact) mass is 296 g/mol. The van der Waals surface area contributed by atoms with Crippen molar-refractivity contribution in [1.82, 2.24) is 15.1 Å². The Balaban J connectivity index is 0.00000144. The smallest absolute Gasteiger partial charge is 0.372 e. The number of aromatic nitrogens is 4. The van der Waals surface area contributed by atoms with Gasteiger partial charge in [0.2, 0.25) is 0 Å². The quantitative estimate of drug-likeness (QED) is 0.608. The van der Waals surface area contributed by atoms with Gasteiger partial charge in [-0.25, -0.2) is 14.8 Å². The van der Waals surface area contributed by atoms with Gasteiger partial charge < -0.3 is 22.1 Å². The first-order valence-electron chi connectivity index (χ1n) is 4.60. The van der Waals surface area contributed by atoms with E-state index in [1.165, 1.54) is 10.9 Å². The second-order valence-electron chi connectivity index (χ2n) is 3.08. The zero-order valence-electron chi connectivity index (χ0n) is 8.69. The Kier molecular flexibility index (Phi) is 4.65. The lowest BCUT2D eigenvalue weighted by molar-refractivity contribution is -0.743. The highest BCUT2D eigenvalue weighted by Gasteiger charge is 2.09. The van der Waals surface area contributed by atoms with Crippen LogP contribution in [0.4, 0.5) is 0 Å². The Labute approximate surface area is 108 Å². The van der Waals surface area contributed by atoms with Crippen molar-refractivity contribution in [2.45, 2.75) is 6.54 Å². The van der Waals surface area contributed by atoms with Crippen molar-refractivity contribution in [3.8, 4) is 11.4 Å². The zero-order valence-corrected chi connectivity index (χ0v) is 10.3. The molecule has 2 heterocycles. The van der Waals surface area contributed by atoms with Crippen LogP contribution in [0.2, 0.25) is 0 Å². The van der Waals surface area contributed by atoms with Gasteiger partial charge in [-0.2, -0.15) is 0 Å². The Morgan fingerprint density at radius 3 is 2.59 bits per heavy atom. The summed E-state index contributed by atoms with van der Waals surface area (Å²) in [4.78, 5) is 18.6. The highest BCUT2D eigenvalue weighted by Crippen LogP contribution is 2.08. The molecule has 2 aromatic rings. The van der Waals surface area contributed by atoms with Crippen LogP contribution in [0, 0.1) is 0 Å². The van der Waals surface area contributed by atoms with Crippen LogP contribution in [0.15, 0.2) is 36.9 Å². The summed E-state index contributed by atoms with van der Waals surface area (Å²) < 4.78 is 1.33. The fraction of sp³-hybridized carbons (Fsp3) is 0.100. The van der Waals surface area contributed by atoms with Crippen molar-refractivity contribution in [3.05, 3.63) is 36.9 Å². The molecule has 2 rings (SSSR count). The van der Waals surface area contributed by atoms with E-state index < -0.39 is 5.97 Å². The lowest BCUT2D eigenvalue weighted by Gasteiger charge is -1.96. The minimum absolute atomic E-state index is 0. The number of hydrogen-bond donors (Lipinski definition) is 1. The minimum Gasteiger partial charge on any atom is -1.00 e. The lowest BCUT2D eigenvalue weighted by Crippen LogP contribution is -3.00. The molecule has 7 heteroatoms. The normalized spacial score (nSPS) is 9.41. The lowest BCUT2D eigenvalue weighted by atomic mass is 10.3. The molecule has 0 aromatic carbocycles. The molecule has 1 N–H and O–H groups in total. The van der Waals surface area contributed by atoms with Crippen molar-refractivity contribution in [1.29, 1.82) is 0 Å². The Bertz CT molecular complexity index is 489. The van der Waals surface area contributed by atoms with Gasteiger partial charge in [-0.15, -0.1) is 0 Å².